The SMILES string of the molecule is COc1ccc(CCNC(=O)c2ccc(Cn3c(=O)c4ccccc4n(Cc4cccc(C)c4)c3=O)cc2)cc1OC. The molecule has 0 atom stereocenters. The number of carbonyl (C=O) groups is 1. The number of amides is 1. The molecule has 42 heavy (non-hydrogen) atoms. The second-order valence-corrected chi connectivity index (χ2v) is 10.2. The third-order valence-corrected chi connectivity index (χ3v) is 7.26. The molecule has 8 nitrogen and oxygen atoms in total. The number of fused-ring (bicyclic) bond motifs is 1. The molecule has 0 bridgehead atoms. The van der Waals surface area contributed by atoms with Crippen molar-refractivity contribution in [1.82, 2.24) is 14.5 Å². The number of nitrogens with zero attached hydrogens (tertiary/aromatic N) is 2. The molecule has 1 amide bonds. The maximum Gasteiger partial charge on any atom is 0.332 e. The highest BCUT2D eigenvalue weighted by molar-refractivity contribution is 5.94. The summed E-state index contributed by atoms with van der Waals surface area (Å²) < 4.78 is 13.5. The summed E-state index contributed by atoms with van der Waals surface area (Å²) >= 11 is 0. The molecule has 1 aromatic heterocycles. The van der Waals surface area contributed by atoms with Crippen molar-refractivity contribution >= 4 is 16.8 Å². The first-order valence-corrected chi connectivity index (χ1v) is 13.7. The van der Waals surface area contributed by atoms with Crippen molar-refractivity contribution in [1.29, 1.82) is 0 Å². The fourth-order valence-corrected chi connectivity index (χ4v) is 5.06. The minimum atomic E-state index is -0.378. The topological polar surface area (TPSA) is 91.6 Å². The average molecular weight is 564 g/mol. The quantitative estimate of drug-likeness (QED) is 0.269. The number of aromatic nitrogens is 2. The molecule has 5 rings (SSSR count). The van der Waals surface area contributed by atoms with Gasteiger partial charge in [0.15, 0.2) is 11.5 Å². The lowest BCUT2D eigenvalue weighted by Crippen LogP contribution is -2.40. The summed E-state index contributed by atoms with van der Waals surface area (Å²) in [4.78, 5) is 39.8. The summed E-state index contributed by atoms with van der Waals surface area (Å²) in [6, 6.07) is 27.8. The van der Waals surface area contributed by atoms with Crippen molar-refractivity contribution in [3.8, 4) is 11.5 Å². The molecule has 0 aliphatic carbocycles. The van der Waals surface area contributed by atoms with E-state index in [0.29, 0.717) is 47.5 Å². The van der Waals surface area contributed by atoms with E-state index in [1.165, 1.54) is 4.57 Å². The zero-order chi connectivity index (χ0) is 29.6. The first-order chi connectivity index (χ1) is 20.4. The molecule has 0 aliphatic rings. The van der Waals surface area contributed by atoms with E-state index in [4.69, 9.17) is 9.47 Å². The number of methoxy groups -OCH3 is 2. The number of aryl methyl sites for hydroxylation is 1. The summed E-state index contributed by atoms with van der Waals surface area (Å²) in [7, 11) is 3.18. The molecule has 5 aromatic rings. The molecule has 0 saturated heterocycles. The van der Waals surface area contributed by atoms with Crippen LogP contribution in [-0.4, -0.2) is 35.8 Å². The fourth-order valence-electron chi connectivity index (χ4n) is 5.06. The van der Waals surface area contributed by atoms with E-state index in [-0.39, 0.29) is 23.7 Å². The van der Waals surface area contributed by atoms with E-state index in [2.05, 4.69) is 5.32 Å². The number of carbonyl (C=O) groups excluding carboxylic acids is 1. The van der Waals surface area contributed by atoms with Gasteiger partial charge in [-0.15, -0.1) is 0 Å². The van der Waals surface area contributed by atoms with Crippen LogP contribution in [-0.2, 0) is 19.5 Å². The van der Waals surface area contributed by atoms with Crippen LogP contribution in [0.1, 0.15) is 32.6 Å². The van der Waals surface area contributed by atoms with Crippen molar-refractivity contribution in [3.05, 3.63) is 140 Å². The Balaban J connectivity index is 1.31. The Morgan fingerprint density at radius 3 is 2.19 bits per heavy atom. The molecule has 0 aliphatic heterocycles. The standard InChI is InChI=1S/C34H33N3O5/c1-23-7-6-8-26(19-23)22-36-29-10-5-4-9-28(29)33(39)37(34(36)40)21-25-11-14-27(15-12-25)32(38)35-18-17-24-13-16-30(41-2)31(20-24)42-3/h4-16,19-20H,17-18,21-22H2,1-3H3,(H,35,38). The van der Waals surface area contributed by atoms with E-state index in [1.54, 1.807) is 61.3 Å². The van der Waals surface area contributed by atoms with Gasteiger partial charge in [-0.2, -0.15) is 0 Å². The molecule has 0 radical (unpaired) electrons. The lowest BCUT2D eigenvalue weighted by atomic mass is 10.1. The van der Waals surface area contributed by atoms with Crippen molar-refractivity contribution in [3.63, 3.8) is 0 Å². The summed E-state index contributed by atoms with van der Waals surface area (Å²) in [6.45, 7) is 2.90. The van der Waals surface area contributed by atoms with E-state index >= 15 is 0 Å². The number of hydrogen-bond donors (Lipinski definition) is 1. The number of hydrogen-bond acceptors (Lipinski definition) is 5. The summed E-state index contributed by atoms with van der Waals surface area (Å²) in [5.74, 6) is 1.09. The Morgan fingerprint density at radius 2 is 1.45 bits per heavy atom. The van der Waals surface area contributed by atoms with Crippen LogP contribution in [0.25, 0.3) is 10.9 Å². The Kier molecular flexibility index (Phi) is 8.52. The minimum absolute atomic E-state index is 0.0948. The molecular weight excluding hydrogens is 530 g/mol. The molecule has 0 spiro atoms. The van der Waals surface area contributed by atoms with Crippen LogP contribution >= 0.6 is 0 Å². The lowest BCUT2D eigenvalue weighted by Gasteiger charge is -2.15. The summed E-state index contributed by atoms with van der Waals surface area (Å²) in [6.07, 6.45) is 0.629. The fraction of sp³-hybridized carbons (Fsp3) is 0.206. The highest BCUT2D eigenvalue weighted by Crippen LogP contribution is 2.27. The third-order valence-electron chi connectivity index (χ3n) is 7.26. The molecule has 214 valence electrons. The molecule has 4 aromatic carbocycles. The van der Waals surface area contributed by atoms with Gasteiger partial charge in [0, 0.05) is 12.1 Å². The predicted octanol–water partition coefficient (Wildman–Crippen LogP) is 4.56. The molecule has 0 saturated carbocycles. The normalized spacial score (nSPS) is 10.9. The van der Waals surface area contributed by atoms with Gasteiger partial charge in [0.25, 0.3) is 11.5 Å². The van der Waals surface area contributed by atoms with Gasteiger partial charge < -0.3 is 14.8 Å². The number of nitrogens with one attached hydrogen (secondary N) is 1. The predicted molar refractivity (Wildman–Crippen MR) is 164 cm³/mol. The van der Waals surface area contributed by atoms with Gasteiger partial charge in [-0.05, 0) is 66.4 Å². The maximum atomic E-state index is 13.6. The van der Waals surface area contributed by atoms with Gasteiger partial charge in [0.2, 0.25) is 0 Å². The molecule has 1 N–H and O–H groups in total. The summed E-state index contributed by atoms with van der Waals surface area (Å²) in [5.41, 5.74) is 4.22. The van der Waals surface area contributed by atoms with Crippen LogP contribution in [0.4, 0.5) is 0 Å². The van der Waals surface area contributed by atoms with Crippen LogP contribution in [0.2, 0.25) is 0 Å². The van der Waals surface area contributed by atoms with Gasteiger partial charge in [-0.3, -0.25) is 18.7 Å². The second kappa shape index (κ2) is 12.6. The van der Waals surface area contributed by atoms with Gasteiger partial charge in [0.05, 0.1) is 38.2 Å². The Hall–Kier alpha value is -5.11. The average Bonchev–Trinajstić information content (AvgIpc) is 3.01. The van der Waals surface area contributed by atoms with E-state index in [0.717, 1.165) is 22.3 Å². The van der Waals surface area contributed by atoms with Gasteiger partial charge in [-0.1, -0.05) is 60.2 Å². The van der Waals surface area contributed by atoms with Crippen LogP contribution in [0, 0.1) is 6.92 Å². The Labute approximate surface area is 243 Å². The molecular formula is C34H33N3O5. The largest absolute Gasteiger partial charge is 0.493 e. The van der Waals surface area contributed by atoms with Crippen molar-refractivity contribution in [2.45, 2.75) is 26.4 Å². The van der Waals surface area contributed by atoms with Crippen LogP contribution < -0.4 is 26.0 Å². The third kappa shape index (κ3) is 6.12. The molecule has 0 unspecified atom stereocenters. The monoisotopic (exact) mass is 563 g/mol. The first kappa shape index (κ1) is 28.4. The van der Waals surface area contributed by atoms with E-state index < -0.39 is 0 Å². The van der Waals surface area contributed by atoms with E-state index in [1.807, 2.05) is 55.5 Å². The van der Waals surface area contributed by atoms with Gasteiger partial charge in [-0.25, -0.2) is 4.79 Å². The number of rotatable bonds is 10. The van der Waals surface area contributed by atoms with Crippen LogP contribution in [0.3, 0.4) is 0 Å². The zero-order valence-electron chi connectivity index (χ0n) is 23.9. The molecule has 1 heterocycles. The Bertz CT molecular complexity index is 1850. The van der Waals surface area contributed by atoms with Crippen molar-refractivity contribution in [2.24, 2.45) is 0 Å². The molecule has 0 fully saturated rings. The van der Waals surface area contributed by atoms with Crippen molar-refractivity contribution in [2.75, 3.05) is 20.8 Å². The maximum absolute atomic E-state index is 13.6. The summed E-state index contributed by atoms with van der Waals surface area (Å²) in [5, 5.41) is 3.42. The highest BCUT2D eigenvalue weighted by atomic mass is 16.5. The second-order valence-electron chi connectivity index (χ2n) is 10.2. The van der Waals surface area contributed by atoms with Gasteiger partial charge >= 0.3 is 5.69 Å². The molecule has 8 heteroatoms. The lowest BCUT2D eigenvalue weighted by molar-refractivity contribution is 0.0954. The van der Waals surface area contributed by atoms with Crippen molar-refractivity contribution < 1.29 is 14.3 Å². The minimum Gasteiger partial charge on any atom is -0.493 e. The van der Waals surface area contributed by atoms with Gasteiger partial charge in [0.1, 0.15) is 0 Å². The number of para-hydroxylation sites is 1. The number of benzene rings is 4. The smallest absolute Gasteiger partial charge is 0.332 e. The highest BCUT2D eigenvalue weighted by Gasteiger charge is 2.14. The zero-order valence-corrected chi connectivity index (χ0v) is 23.9. The van der Waals surface area contributed by atoms with Crippen LogP contribution in [0.5, 0.6) is 11.5 Å². The number of ether oxygens (including phenoxy) is 2. The first-order valence-electron chi connectivity index (χ1n) is 13.7. The Morgan fingerprint density at radius 1 is 0.738 bits per heavy atom. The van der Waals surface area contributed by atoms with E-state index in [9.17, 15) is 14.4 Å². The van der Waals surface area contributed by atoms with Crippen LogP contribution in [0.15, 0.2) is 101 Å².